The van der Waals surface area contributed by atoms with Gasteiger partial charge in [-0.25, -0.2) is 4.79 Å². The van der Waals surface area contributed by atoms with Crippen molar-refractivity contribution in [2.45, 2.75) is 59.3 Å². The number of hydrogen-bond donors (Lipinski definition) is 2. The molecule has 6 nitrogen and oxygen atoms in total. The molecule has 0 aliphatic carbocycles. The molecule has 0 unspecified atom stereocenters. The summed E-state index contributed by atoms with van der Waals surface area (Å²) in [6, 6.07) is -1.02. The Morgan fingerprint density at radius 1 is 1.29 bits per heavy atom. The molecule has 1 aromatic rings. The Labute approximate surface area is 138 Å². The second kappa shape index (κ2) is 7.67. The molecule has 0 saturated heterocycles. The van der Waals surface area contributed by atoms with E-state index in [0.717, 1.165) is 4.68 Å². The number of carbonyl (C=O) groups excluding carboxylic acids is 1. The Hall–Kier alpha value is -2.06. The van der Waals surface area contributed by atoms with Gasteiger partial charge >= 0.3 is 12.1 Å². The predicted octanol–water partition coefficient (Wildman–Crippen LogP) is 2.22. The Morgan fingerprint density at radius 2 is 1.88 bits per heavy atom. The Kier molecular flexibility index (Phi) is 6.39. The molecule has 1 rings (SSSR count). The minimum absolute atomic E-state index is 0.0735. The lowest BCUT2D eigenvalue weighted by atomic mass is 10.0. The number of rotatable bonds is 7. The number of carbonyl (C=O) groups is 2. The molecule has 0 bridgehead atoms. The normalized spacial score (nSPS) is 13.2. The number of alkyl halides is 3. The van der Waals surface area contributed by atoms with Crippen LogP contribution in [0.5, 0.6) is 0 Å². The molecule has 0 aliphatic heterocycles. The lowest BCUT2D eigenvalue weighted by Gasteiger charge is -2.16. The molecule has 0 aliphatic rings. The molecular formula is C15H22F3N3O3. The number of nitrogens with zero attached hydrogens (tertiary/aromatic N) is 2. The average Bonchev–Trinajstić information content (AvgIpc) is 2.63. The number of carboxylic acids is 1. The zero-order valence-corrected chi connectivity index (χ0v) is 14.1. The van der Waals surface area contributed by atoms with Gasteiger partial charge in [-0.2, -0.15) is 18.3 Å². The van der Waals surface area contributed by atoms with Gasteiger partial charge in [0.25, 0.3) is 0 Å². The minimum Gasteiger partial charge on any atom is -0.480 e. The fraction of sp³-hybridized carbons (Fsp3) is 0.667. The standard InChI is InChI=1S/C15H22F3N3O3/c1-8(2)5-12(14(23)24)19-13(22)6-11-9(3)20-21(10(11)4)7-15(16,17)18/h8,12H,5-7H2,1-4H3,(H,19,22)(H,23,24)/t12-/m1/s1. The molecule has 0 saturated carbocycles. The third-order valence-electron chi connectivity index (χ3n) is 3.54. The van der Waals surface area contributed by atoms with E-state index >= 15 is 0 Å². The first-order valence-corrected chi connectivity index (χ1v) is 7.52. The SMILES string of the molecule is Cc1nn(CC(F)(F)F)c(C)c1CC(=O)N[C@H](CC(C)C)C(=O)O. The summed E-state index contributed by atoms with van der Waals surface area (Å²) >= 11 is 0. The highest BCUT2D eigenvalue weighted by atomic mass is 19.4. The minimum atomic E-state index is -4.41. The van der Waals surface area contributed by atoms with Crippen LogP contribution in [-0.2, 0) is 22.6 Å². The molecular weight excluding hydrogens is 327 g/mol. The summed E-state index contributed by atoms with van der Waals surface area (Å²) in [5, 5.41) is 15.3. The van der Waals surface area contributed by atoms with Crippen LogP contribution in [0, 0.1) is 19.8 Å². The molecule has 0 spiro atoms. The highest BCUT2D eigenvalue weighted by molar-refractivity contribution is 5.85. The summed E-state index contributed by atoms with van der Waals surface area (Å²) in [7, 11) is 0. The largest absolute Gasteiger partial charge is 0.480 e. The summed E-state index contributed by atoms with van der Waals surface area (Å²) < 4.78 is 38.3. The van der Waals surface area contributed by atoms with Crippen LogP contribution in [0.15, 0.2) is 0 Å². The van der Waals surface area contributed by atoms with Gasteiger partial charge in [-0.3, -0.25) is 9.48 Å². The Morgan fingerprint density at radius 3 is 2.33 bits per heavy atom. The van der Waals surface area contributed by atoms with E-state index in [9.17, 15) is 22.8 Å². The van der Waals surface area contributed by atoms with Crippen molar-refractivity contribution in [3.63, 3.8) is 0 Å². The van der Waals surface area contributed by atoms with Crippen molar-refractivity contribution in [3.05, 3.63) is 17.0 Å². The first-order chi connectivity index (χ1) is 10.9. The van der Waals surface area contributed by atoms with Gasteiger partial charge in [-0.1, -0.05) is 13.8 Å². The summed E-state index contributed by atoms with van der Waals surface area (Å²) in [5.74, 6) is -1.62. The maximum absolute atomic E-state index is 12.5. The molecule has 1 aromatic heterocycles. The first kappa shape index (κ1) is 20.0. The van der Waals surface area contributed by atoms with Gasteiger partial charge in [0.15, 0.2) is 0 Å². The van der Waals surface area contributed by atoms with E-state index in [1.807, 2.05) is 13.8 Å². The number of aryl methyl sites for hydroxylation is 1. The molecule has 2 N–H and O–H groups in total. The highest BCUT2D eigenvalue weighted by Crippen LogP contribution is 2.21. The van der Waals surface area contributed by atoms with Crippen LogP contribution < -0.4 is 5.32 Å². The number of carboxylic acid groups (broad SMARTS) is 1. The average molecular weight is 349 g/mol. The van der Waals surface area contributed by atoms with Crippen LogP contribution in [0.2, 0.25) is 0 Å². The van der Waals surface area contributed by atoms with E-state index in [-0.39, 0.29) is 24.5 Å². The Balaban J connectivity index is 2.85. The number of hydrogen-bond acceptors (Lipinski definition) is 3. The van der Waals surface area contributed by atoms with E-state index in [1.165, 1.54) is 13.8 Å². The molecule has 1 atom stereocenters. The van der Waals surface area contributed by atoms with E-state index < -0.39 is 30.6 Å². The molecule has 1 heterocycles. The van der Waals surface area contributed by atoms with Gasteiger partial charge in [-0.15, -0.1) is 0 Å². The highest BCUT2D eigenvalue weighted by Gasteiger charge is 2.30. The number of aromatic nitrogens is 2. The van der Waals surface area contributed by atoms with Crippen molar-refractivity contribution >= 4 is 11.9 Å². The number of aliphatic carboxylic acids is 1. The van der Waals surface area contributed by atoms with Gasteiger partial charge in [-0.05, 0) is 26.2 Å². The van der Waals surface area contributed by atoms with E-state index in [4.69, 9.17) is 5.11 Å². The number of amides is 1. The second-order valence-electron chi connectivity index (χ2n) is 6.19. The maximum atomic E-state index is 12.5. The van der Waals surface area contributed by atoms with Gasteiger partial charge in [0.1, 0.15) is 12.6 Å². The van der Waals surface area contributed by atoms with Gasteiger partial charge in [0.2, 0.25) is 5.91 Å². The van der Waals surface area contributed by atoms with Gasteiger partial charge < -0.3 is 10.4 Å². The van der Waals surface area contributed by atoms with Crippen LogP contribution in [0.25, 0.3) is 0 Å². The molecule has 0 aromatic carbocycles. The van der Waals surface area contributed by atoms with Crippen LogP contribution in [0.4, 0.5) is 13.2 Å². The Bertz CT molecular complexity index is 609. The smallest absolute Gasteiger partial charge is 0.408 e. The summed E-state index contributed by atoms with van der Waals surface area (Å²) in [6.07, 6.45) is -4.35. The van der Waals surface area contributed by atoms with Crippen molar-refractivity contribution in [1.29, 1.82) is 0 Å². The van der Waals surface area contributed by atoms with Crippen molar-refractivity contribution < 1.29 is 27.9 Å². The summed E-state index contributed by atoms with van der Waals surface area (Å²) in [6.45, 7) is 5.41. The molecule has 1 amide bonds. The molecule has 136 valence electrons. The van der Waals surface area contributed by atoms with Crippen LogP contribution in [-0.4, -0.2) is 39.0 Å². The first-order valence-electron chi connectivity index (χ1n) is 7.52. The lowest BCUT2D eigenvalue weighted by molar-refractivity contribution is -0.143. The zero-order valence-electron chi connectivity index (χ0n) is 14.1. The van der Waals surface area contributed by atoms with Crippen LogP contribution in [0.1, 0.15) is 37.2 Å². The molecule has 0 fully saturated rings. The summed E-state index contributed by atoms with van der Waals surface area (Å²) in [4.78, 5) is 23.2. The predicted molar refractivity (Wildman–Crippen MR) is 80.5 cm³/mol. The third kappa shape index (κ3) is 5.86. The van der Waals surface area contributed by atoms with Gasteiger partial charge in [0, 0.05) is 11.3 Å². The summed E-state index contributed by atoms with van der Waals surface area (Å²) in [5.41, 5.74) is 0.948. The van der Waals surface area contributed by atoms with Gasteiger partial charge in [0.05, 0.1) is 12.1 Å². The topological polar surface area (TPSA) is 84.2 Å². The fourth-order valence-corrected chi connectivity index (χ4v) is 2.41. The quantitative estimate of drug-likeness (QED) is 0.791. The van der Waals surface area contributed by atoms with Crippen LogP contribution >= 0.6 is 0 Å². The monoisotopic (exact) mass is 349 g/mol. The lowest BCUT2D eigenvalue weighted by Crippen LogP contribution is -2.42. The molecule has 0 radical (unpaired) electrons. The van der Waals surface area contributed by atoms with E-state index in [0.29, 0.717) is 11.3 Å². The van der Waals surface area contributed by atoms with Crippen molar-refractivity contribution in [1.82, 2.24) is 15.1 Å². The van der Waals surface area contributed by atoms with E-state index in [2.05, 4.69) is 10.4 Å². The van der Waals surface area contributed by atoms with Crippen molar-refractivity contribution in [2.75, 3.05) is 0 Å². The van der Waals surface area contributed by atoms with Crippen molar-refractivity contribution in [3.8, 4) is 0 Å². The third-order valence-corrected chi connectivity index (χ3v) is 3.54. The molecule has 9 heteroatoms. The van der Waals surface area contributed by atoms with Crippen LogP contribution in [0.3, 0.4) is 0 Å². The fourth-order valence-electron chi connectivity index (χ4n) is 2.41. The molecule has 24 heavy (non-hydrogen) atoms. The maximum Gasteiger partial charge on any atom is 0.408 e. The zero-order chi connectivity index (χ0) is 18.7. The second-order valence-corrected chi connectivity index (χ2v) is 6.19. The van der Waals surface area contributed by atoms with E-state index in [1.54, 1.807) is 0 Å². The number of nitrogens with one attached hydrogen (secondary N) is 1. The number of halogens is 3. The van der Waals surface area contributed by atoms with Crippen molar-refractivity contribution in [2.24, 2.45) is 5.92 Å².